The first-order chi connectivity index (χ1) is 18.2. The first-order valence-corrected chi connectivity index (χ1v) is 14.0. The average molecular weight is 556 g/mol. The van der Waals surface area contributed by atoms with E-state index < -0.39 is 22.4 Å². The lowest BCUT2D eigenvalue weighted by atomic mass is 9.49. The lowest BCUT2D eigenvalue weighted by molar-refractivity contribution is -0.161. The summed E-state index contributed by atoms with van der Waals surface area (Å²) in [5.41, 5.74) is 0.300. The molecule has 198 valence electrons. The number of amides is 2. The molecule has 4 aliphatic carbocycles. The van der Waals surface area contributed by atoms with Crippen molar-refractivity contribution in [2.75, 3.05) is 7.11 Å². The number of benzene rings is 2. The van der Waals surface area contributed by atoms with Crippen molar-refractivity contribution in [1.29, 1.82) is 0 Å². The largest absolute Gasteiger partial charge is 0.493 e. The van der Waals surface area contributed by atoms with Gasteiger partial charge in [0.2, 0.25) is 0 Å². The van der Waals surface area contributed by atoms with Gasteiger partial charge in [0.05, 0.1) is 24.0 Å². The molecule has 4 bridgehead atoms. The zero-order chi connectivity index (χ0) is 26.6. The number of imide groups is 1. The summed E-state index contributed by atoms with van der Waals surface area (Å²) in [7, 11) is 1.49. The third-order valence-corrected chi connectivity index (χ3v) is 9.67. The molecule has 0 aromatic heterocycles. The van der Waals surface area contributed by atoms with Crippen LogP contribution in [0.1, 0.15) is 49.7 Å². The van der Waals surface area contributed by atoms with Gasteiger partial charge in [0.15, 0.2) is 11.5 Å². The quantitative estimate of drug-likeness (QED) is 0.220. The maximum Gasteiger partial charge on any atom is 0.317 e. The predicted octanol–water partition coefficient (Wildman–Crippen LogP) is 6.85. The molecule has 4 saturated carbocycles. The van der Waals surface area contributed by atoms with Gasteiger partial charge in [-0.3, -0.25) is 19.3 Å². The fourth-order valence-corrected chi connectivity index (χ4v) is 8.12. The van der Waals surface area contributed by atoms with Crippen LogP contribution in [-0.4, -0.2) is 29.1 Å². The van der Waals surface area contributed by atoms with Crippen molar-refractivity contribution >= 4 is 46.6 Å². The van der Waals surface area contributed by atoms with Crippen LogP contribution in [0.4, 0.5) is 9.18 Å². The van der Waals surface area contributed by atoms with Crippen molar-refractivity contribution in [3.63, 3.8) is 0 Å². The molecule has 0 spiro atoms. The van der Waals surface area contributed by atoms with Crippen molar-refractivity contribution in [3.8, 4) is 11.5 Å². The fourth-order valence-electron chi connectivity index (χ4n) is 7.06. The third kappa shape index (κ3) is 4.51. The molecule has 2 aromatic rings. The molecule has 7 rings (SSSR count). The maximum atomic E-state index is 14.2. The Labute approximate surface area is 229 Å². The number of methoxy groups -OCH3 is 1. The van der Waals surface area contributed by atoms with E-state index in [9.17, 15) is 18.8 Å². The van der Waals surface area contributed by atoms with Crippen LogP contribution in [-0.2, 0) is 16.1 Å². The topological polar surface area (TPSA) is 72.9 Å². The Morgan fingerprint density at radius 2 is 1.79 bits per heavy atom. The molecule has 5 fully saturated rings. The van der Waals surface area contributed by atoms with Crippen molar-refractivity contribution in [3.05, 3.63) is 63.3 Å². The van der Waals surface area contributed by atoms with E-state index in [0.29, 0.717) is 34.8 Å². The molecule has 1 aliphatic heterocycles. The van der Waals surface area contributed by atoms with E-state index in [4.69, 9.17) is 21.1 Å². The number of hydrogen-bond acceptors (Lipinski definition) is 6. The summed E-state index contributed by atoms with van der Waals surface area (Å²) in [5.74, 6) is 1.31. The summed E-state index contributed by atoms with van der Waals surface area (Å²) < 4.78 is 25.7. The van der Waals surface area contributed by atoms with Crippen LogP contribution in [0.3, 0.4) is 0 Å². The second-order valence-corrected chi connectivity index (χ2v) is 12.4. The molecule has 1 heterocycles. The summed E-state index contributed by atoms with van der Waals surface area (Å²) in [4.78, 5) is 40.1. The van der Waals surface area contributed by atoms with Crippen molar-refractivity contribution in [2.45, 2.75) is 45.1 Å². The van der Waals surface area contributed by atoms with Crippen LogP contribution >= 0.6 is 23.4 Å². The molecular formula is C29H27ClFNO5S. The highest BCUT2D eigenvalue weighted by molar-refractivity contribution is 8.18. The first-order valence-electron chi connectivity index (χ1n) is 12.8. The van der Waals surface area contributed by atoms with Gasteiger partial charge in [-0.2, -0.15) is 0 Å². The maximum absolute atomic E-state index is 14.2. The van der Waals surface area contributed by atoms with E-state index in [2.05, 4.69) is 0 Å². The number of thioether (sulfide) groups is 1. The van der Waals surface area contributed by atoms with E-state index >= 15 is 0 Å². The van der Waals surface area contributed by atoms with E-state index in [1.165, 1.54) is 44.6 Å². The molecule has 0 atom stereocenters. The summed E-state index contributed by atoms with van der Waals surface area (Å²) >= 11 is 6.86. The number of carbonyl (C=O) groups excluding carboxylic acids is 3. The van der Waals surface area contributed by atoms with Gasteiger partial charge in [-0.25, -0.2) is 4.39 Å². The lowest BCUT2D eigenvalue weighted by Gasteiger charge is -2.55. The van der Waals surface area contributed by atoms with Crippen LogP contribution in [0, 0.1) is 29.0 Å². The summed E-state index contributed by atoms with van der Waals surface area (Å²) in [6.07, 6.45) is 8.02. The summed E-state index contributed by atoms with van der Waals surface area (Å²) in [6, 6.07) is 9.26. The number of hydrogen-bond donors (Lipinski definition) is 0. The van der Waals surface area contributed by atoms with Gasteiger partial charge in [-0.1, -0.05) is 23.7 Å². The molecule has 0 unspecified atom stereocenters. The second kappa shape index (κ2) is 9.72. The highest BCUT2D eigenvalue weighted by atomic mass is 35.5. The molecule has 2 aromatic carbocycles. The Kier molecular flexibility index (Phi) is 6.51. The van der Waals surface area contributed by atoms with E-state index in [1.807, 2.05) is 0 Å². The van der Waals surface area contributed by atoms with Gasteiger partial charge in [0.25, 0.3) is 11.1 Å². The molecule has 2 amide bonds. The summed E-state index contributed by atoms with van der Waals surface area (Å²) in [5, 5.41) is -0.356. The van der Waals surface area contributed by atoms with Crippen molar-refractivity contribution in [1.82, 2.24) is 4.90 Å². The molecular weight excluding hydrogens is 529 g/mol. The average Bonchev–Trinajstić information content (AvgIpc) is 3.13. The predicted molar refractivity (Wildman–Crippen MR) is 142 cm³/mol. The van der Waals surface area contributed by atoms with Crippen molar-refractivity contribution < 1.29 is 28.2 Å². The fraction of sp³-hybridized carbons (Fsp3) is 0.414. The molecule has 9 heteroatoms. The van der Waals surface area contributed by atoms with Crippen molar-refractivity contribution in [2.24, 2.45) is 23.2 Å². The highest BCUT2D eigenvalue weighted by Gasteiger charge is 2.55. The zero-order valence-electron chi connectivity index (χ0n) is 20.9. The van der Waals surface area contributed by atoms with Crippen LogP contribution < -0.4 is 9.47 Å². The Bertz CT molecular complexity index is 1320. The molecule has 6 nitrogen and oxygen atoms in total. The van der Waals surface area contributed by atoms with Crippen LogP contribution in [0.25, 0.3) is 6.08 Å². The Hall–Kier alpha value is -2.84. The van der Waals surface area contributed by atoms with E-state index in [0.717, 1.165) is 35.9 Å². The number of ether oxygens (including phenoxy) is 2. The number of esters is 1. The van der Waals surface area contributed by atoms with E-state index in [-0.39, 0.29) is 28.0 Å². The molecule has 5 aliphatic rings. The smallest absolute Gasteiger partial charge is 0.317 e. The standard InChI is InChI=1S/C29H27ClFNO5S/c1-36-24-10-16(11-25-26(33)32(28(35)38-25)15-20-21(30)3-2-4-22(20)31)5-6-23(24)37-27(34)29-12-17-7-18(13-29)9-19(8-17)14-29/h2-6,10-11,17-19H,7-9,12-15H2,1H3/b25-11-. The Morgan fingerprint density at radius 3 is 2.42 bits per heavy atom. The molecule has 38 heavy (non-hydrogen) atoms. The van der Waals surface area contributed by atoms with Gasteiger partial charge in [-0.05, 0) is 104 Å². The van der Waals surface area contributed by atoms with Crippen LogP contribution in [0.2, 0.25) is 5.02 Å². The van der Waals surface area contributed by atoms with E-state index in [1.54, 1.807) is 24.3 Å². The van der Waals surface area contributed by atoms with Gasteiger partial charge >= 0.3 is 5.97 Å². The second-order valence-electron chi connectivity index (χ2n) is 11.0. The summed E-state index contributed by atoms with van der Waals surface area (Å²) in [6.45, 7) is -0.254. The molecule has 0 radical (unpaired) electrons. The minimum Gasteiger partial charge on any atom is -0.493 e. The number of carbonyl (C=O) groups is 3. The molecule has 0 N–H and O–H groups in total. The highest BCUT2D eigenvalue weighted by Crippen LogP contribution is 2.60. The zero-order valence-corrected chi connectivity index (χ0v) is 22.4. The minimum atomic E-state index is -0.580. The normalized spacial score (nSPS) is 28.9. The number of rotatable bonds is 6. The van der Waals surface area contributed by atoms with Crippen LogP contribution in [0.5, 0.6) is 11.5 Å². The first kappa shape index (κ1) is 25.4. The van der Waals surface area contributed by atoms with Gasteiger partial charge in [0.1, 0.15) is 5.82 Å². The lowest BCUT2D eigenvalue weighted by Crippen LogP contribution is -2.51. The SMILES string of the molecule is COc1cc(/C=C2\SC(=O)N(Cc3c(F)cccc3Cl)C2=O)ccc1OC(=O)C12CC3CC(CC(C3)C1)C2. The minimum absolute atomic E-state index is 0.0876. The Morgan fingerprint density at radius 1 is 1.11 bits per heavy atom. The van der Waals surface area contributed by atoms with Gasteiger partial charge in [-0.15, -0.1) is 0 Å². The Balaban J connectivity index is 1.19. The number of nitrogens with zero attached hydrogens (tertiary/aromatic N) is 1. The number of halogens is 2. The molecule has 1 saturated heterocycles. The van der Waals surface area contributed by atoms with Crippen LogP contribution in [0.15, 0.2) is 41.3 Å². The van der Waals surface area contributed by atoms with Gasteiger partial charge < -0.3 is 9.47 Å². The third-order valence-electron chi connectivity index (χ3n) is 8.41. The van der Waals surface area contributed by atoms with Gasteiger partial charge in [0, 0.05) is 10.6 Å². The monoisotopic (exact) mass is 555 g/mol.